The lowest BCUT2D eigenvalue weighted by Crippen LogP contribution is -1.98. The second kappa shape index (κ2) is 5.95. The number of nitrogens with zero attached hydrogens (tertiary/aromatic N) is 1. The number of benzene rings is 2. The van der Waals surface area contributed by atoms with E-state index in [1.54, 1.807) is 18.2 Å². The zero-order valence-electron chi connectivity index (χ0n) is 13.1. The summed E-state index contributed by atoms with van der Waals surface area (Å²) in [6.07, 6.45) is 0. The van der Waals surface area contributed by atoms with Crippen molar-refractivity contribution in [2.75, 3.05) is 0 Å². The van der Waals surface area contributed by atoms with Crippen LogP contribution in [-0.2, 0) is 0 Å². The van der Waals surface area contributed by atoms with Gasteiger partial charge in [-0.05, 0) is 55.6 Å². The number of aromatic nitrogens is 1. The van der Waals surface area contributed by atoms with E-state index in [0.717, 1.165) is 27.8 Å². The van der Waals surface area contributed by atoms with Gasteiger partial charge in [-0.3, -0.25) is 4.79 Å². The highest BCUT2D eigenvalue weighted by atomic mass is 35.5. The number of carbonyl (C=O) groups is 1. The van der Waals surface area contributed by atoms with Gasteiger partial charge in [0.25, 0.3) is 5.24 Å². The third-order valence-electron chi connectivity index (χ3n) is 4.04. The van der Waals surface area contributed by atoms with Crippen molar-refractivity contribution in [3.63, 3.8) is 0 Å². The highest BCUT2D eigenvalue weighted by molar-refractivity contribution is 6.68. The number of halogens is 2. The number of aryl methyl sites for hydroxylation is 3. The number of carbonyl (C=O) groups excluding carboxylic acids is 1. The van der Waals surface area contributed by atoms with E-state index in [2.05, 4.69) is 6.07 Å². The van der Waals surface area contributed by atoms with Crippen LogP contribution in [0.15, 0.2) is 36.4 Å². The minimum Gasteiger partial charge on any atom is -0.276 e. The van der Waals surface area contributed by atoms with E-state index < -0.39 is 5.24 Å². The smallest absolute Gasteiger partial charge is 0.253 e. The second-order valence-electron chi connectivity index (χ2n) is 5.72. The lowest BCUT2D eigenvalue weighted by Gasteiger charge is -2.12. The van der Waals surface area contributed by atoms with Crippen molar-refractivity contribution in [3.8, 4) is 11.3 Å². The fraction of sp³-hybridized carbons (Fsp3) is 0.158. The quantitative estimate of drug-likeness (QED) is 0.545. The summed E-state index contributed by atoms with van der Waals surface area (Å²) in [6.45, 7) is 5.97. The zero-order valence-corrected chi connectivity index (χ0v) is 14.6. The lowest BCUT2D eigenvalue weighted by atomic mass is 9.99. The molecule has 4 heteroatoms. The van der Waals surface area contributed by atoms with Gasteiger partial charge < -0.3 is 0 Å². The summed E-state index contributed by atoms with van der Waals surface area (Å²) in [4.78, 5) is 16.6. The molecule has 0 saturated carbocycles. The van der Waals surface area contributed by atoms with Gasteiger partial charge in [0.05, 0.1) is 11.2 Å². The Balaban J connectivity index is 2.38. The maximum atomic E-state index is 11.9. The molecule has 0 aliphatic carbocycles. The lowest BCUT2D eigenvalue weighted by molar-refractivity contribution is 0.108. The number of rotatable bonds is 2. The van der Waals surface area contributed by atoms with Crippen molar-refractivity contribution in [1.29, 1.82) is 0 Å². The Kier molecular flexibility index (Phi) is 4.13. The number of hydrogen-bond acceptors (Lipinski definition) is 2. The fourth-order valence-corrected chi connectivity index (χ4v) is 3.11. The first-order valence-corrected chi connectivity index (χ1v) is 8.01. The van der Waals surface area contributed by atoms with Crippen molar-refractivity contribution >= 4 is 39.3 Å². The molecule has 1 heterocycles. The average Bonchev–Trinajstić information content (AvgIpc) is 2.50. The summed E-state index contributed by atoms with van der Waals surface area (Å²) in [5, 5.41) is 0.848. The van der Waals surface area contributed by atoms with Crippen LogP contribution < -0.4 is 0 Å². The highest BCUT2D eigenvalue weighted by Gasteiger charge is 2.15. The Hall–Kier alpha value is -1.90. The van der Waals surface area contributed by atoms with Gasteiger partial charge in [0, 0.05) is 21.5 Å². The molecule has 0 unspecified atom stereocenters. The zero-order chi connectivity index (χ0) is 16.7. The first-order valence-electron chi connectivity index (χ1n) is 7.26. The van der Waals surface area contributed by atoms with Gasteiger partial charge in [-0.25, -0.2) is 4.98 Å². The Morgan fingerprint density at radius 1 is 1.04 bits per heavy atom. The predicted molar refractivity (Wildman–Crippen MR) is 96.6 cm³/mol. The monoisotopic (exact) mass is 343 g/mol. The van der Waals surface area contributed by atoms with Crippen LogP contribution in [0.5, 0.6) is 0 Å². The molecule has 0 aliphatic heterocycles. The summed E-state index contributed by atoms with van der Waals surface area (Å²) in [5.74, 6) is 0. The number of pyridine rings is 1. The number of fused-ring (bicyclic) bond motifs is 1. The maximum absolute atomic E-state index is 11.9. The topological polar surface area (TPSA) is 30.0 Å². The molecule has 2 aromatic carbocycles. The van der Waals surface area contributed by atoms with E-state index in [9.17, 15) is 4.79 Å². The minimum absolute atomic E-state index is 0.450. The Morgan fingerprint density at radius 2 is 1.78 bits per heavy atom. The van der Waals surface area contributed by atoms with Crippen molar-refractivity contribution in [2.45, 2.75) is 20.8 Å². The SMILES string of the molecule is Cc1ccc(-c2cc(C(=O)Cl)c3ccc(Cl)c(C)c3n2)c(C)c1. The fourth-order valence-electron chi connectivity index (χ4n) is 2.81. The molecule has 0 N–H and O–H groups in total. The Morgan fingerprint density at radius 3 is 2.43 bits per heavy atom. The van der Waals surface area contributed by atoms with Gasteiger partial charge in [-0.1, -0.05) is 41.4 Å². The summed E-state index contributed by atoms with van der Waals surface area (Å²) >= 11 is 12.0. The summed E-state index contributed by atoms with van der Waals surface area (Å²) in [6, 6.07) is 11.4. The molecule has 0 fully saturated rings. The predicted octanol–water partition coefficient (Wildman–Crippen LogP) is 5.86. The Labute approximate surface area is 145 Å². The molecule has 0 bridgehead atoms. The summed E-state index contributed by atoms with van der Waals surface area (Å²) in [5.41, 5.74) is 5.99. The molecule has 0 saturated heterocycles. The average molecular weight is 344 g/mol. The molecule has 116 valence electrons. The molecule has 3 aromatic rings. The molecular weight excluding hydrogens is 329 g/mol. The Bertz CT molecular complexity index is 948. The first-order chi connectivity index (χ1) is 10.9. The van der Waals surface area contributed by atoms with Crippen molar-refractivity contribution < 1.29 is 4.79 Å². The molecule has 3 rings (SSSR count). The minimum atomic E-state index is -0.495. The standard InChI is InChI=1S/C19H15Cl2NO/c1-10-4-5-13(11(2)8-10)17-9-15(19(21)23)14-6-7-16(20)12(3)18(14)22-17/h4-9H,1-3H3. The van der Waals surface area contributed by atoms with Gasteiger partial charge in [-0.2, -0.15) is 0 Å². The third kappa shape index (κ3) is 2.85. The van der Waals surface area contributed by atoms with E-state index in [-0.39, 0.29) is 0 Å². The van der Waals surface area contributed by atoms with Crippen molar-refractivity contribution in [3.05, 3.63) is 63.7 Å². The van der Waals surface area contributed by atoms with Gasteiger partial charge >= 0.3 is 0 Å². The van der Waals surface area contributed by atoms with Crippen LogP contribution in [0.4, 0.5) is 0 Å². The second-order valence-corrected chi connectivity index (χ2v) is 6.47. The van der Waals surface area contributed by atoms with E-state index >= 15 is 0 Å². The van der Waals surface area contributed by atoms with E-state index in [1.165, 1.54) is 5.56 Å². The van der Waals surface area contributed by atoms with Crippen LogP contribution in [0.2, 0.25) is 5.02 Å². The normalized spacial score (nSPS) is 11.0. The van der Waals surface area contributed by atoms with Gasteiger partial charge in [0.15, 0.2) is 0 Å². The van der Waals surface area contributed by atoms with E-state index in [4.69, 9.17) is 28.2 Å². The van der Waals surface area contributed by atoms with Gasteiger partial charge in [0.2, 0.25) is 0 Å². The summed E-state index contributed by atoms with van der Waals surface area (Å²) < 4.78 is 0. The van der Waals surface area contributed by atoms with Crippen LogP contribution in [0, 0.1) is 20.8 Å². The van der Waals surface area contributed by atoms with Crippen LogP contribution >= 0.6 is 23.2 Å². The molecule has 2 nitrogen and oxygen atoms in total. The largest absolute Gasteiger partial charge is 0.276 e. The molecular formula is C19H15Cl2NO. The van der Waals surface area contributed by atoms with Crippen LogP contribution in [0.1, 0.15) is 27.0 Å². The molecule has 23 heavy (non-hydrogen) atoms. The van der Waals surface area contributed by atoms with Crippen LogP contribution in [-0.4, -0.2) is 10.2 Å². The number of hydrogen-bond donors (Lipinski definition) is 0. The van der Waals surface area contributed by atoms with E-state index in [1.807, 2.05) is 32.9 Å². The highest BCUT2D eigenvalue weighted by Crippen LogP contribution is 2.32. The van der Waals surface area contributed by atoms with Gasteiger partial charge in [-0.15, -0.1) is 0 Å². The summed E-state index contributed by atoms with van der Waals surface area (Å²) in [7, 11) is 0. The van der Waals surface area contributed by atoms with Crippen molar-refractivity contribution in [2.24, 2.45) is 0 Å². The third-order valence-corrected chi connectivity index (χ3v) is 4.65. The maximum Gasteiger partial charge on any atom is 0.253 e. The van der Waals surface area contributed by atoms with Crippen LogP contribution in [0.25, 0.3) is 22.2 Å². The first kappa shape index (κ1) is 16.0. The molecule has 0 spiro atoms. The molecule has 0 aliphatic rings. The molecule has 0 atom stereocenters. The molecule has 1 aromatic heterocycles. The van der Waals surface area contributed by atoms with Gasteiger partial charge in [0.1, 0.15) is 0 Å². The van der Waals surface area contributed by atoms with Crippen molar-refractivity contribution in [1.82, 2.24) is 4.98 Å². The van der Waals surface area contributed by atoms with E-state index in [0.29, 0.717) is 16.1 Å². The van der Waals surface area contributed by atoms with Crippen LogP contribution in [0.3, 0.4) is 0 Å². The molecule has 0 amide bonds. The molecule has 0 radical (unpaired) electrons.